The Bertz CT molecular complexity index is 533. The molecule has 0 spiro atoms. The first-order valence-corrected chi connectivity index (χ1v) is 8.30. The van der Waals surface area contributed by atoms with Gasteiger partial charge in [0.2, 0.25) is 11.7 Å². The van der Waals surface area contributed by atoms with Gasteiger partial charge in [0, 0.05) is 16.5 Å². The maximum absolute atomic E-state index is 5.67. The second kappa shape index (κ2) is 8.29. The Kier molecular flexibility index (Phi) is 6.39. The zero-order valence-corrected chi connectivity index (χ0v) is 14.0. The summed E-state index contributed by atoms with van der Waals surface area (Å²) in [7, 11) is 0. The quantitative estimate of drug-likeness (QED) is 0.773. The highest BCUT2D eigenvalue weighted by atomic mass is 79.9. The van der Waals surface area contributed by atoms with E-state index in [-0.39, 0.29) is 0 Å². The van der Waals surface area contributed by atoms with E-state index in [1.807, 2.05) is 24.3 Å². The number of halogens is 1. The van der Waals surface area contributed by atoms with Crippen LogP contribution in [0.5, 0.6) is 0 Å². The highest BCUT2D eigenvalue weighted by molar-refractivity contribution is 9.10. The van der Waals surface area contributed by atoms with Crippen LogP contribution in [0.4, 0.5) is 0 Å². The van der Waals surface area contributed by atoms with Gasteiger partial charge in [0.15, 0.2) is 0 Å². The van der Waals surface area contributed by atoms with E-state index in [0.29, 0.717) is 17.6 Å². The number of hydrogen-bond donors (Lipinski definition) is 1. The molecule has 0 saturated carbocycles. The lowest BCUT2D eigenvalue weighted by molar-refractivity contribution is 0.349. The topological polar surface area (TPSA) is 64.9 Å². The predicted molar refractivity (Wildman–Crippen MR) is 87.8 cm³/mol. The van der Waals surface area contributed by atoms with Gasteiger partial charge in [-0.2, -0.15) is 4.98 Å². The van der Waals surface area contributed by atoms with Gasteiger partial charge in [-0.25, -0.2) is 0 Å². The second-order valence-corrected chi connectivity index (χ2v) is 6.21. The van der Waals surface area contributed by atoms with E-state index in [1.54, 1.807) is 0 Å². The van der Waals surface area contributed by atoms with Crippen molar-refractivity contribution >= 4 is 15.9 Å². The Morgan fingerprint density at radius 1 is 1.19 bits per heavy atom. The van der Waals surface area contributed by atoms with Crippen molar-refractivity contribution in [1.29, 1.82) is 0 Å². The minimum absolute atomic E-state index is 0.656. The van der Waals surface area contributed by atoms with Gasteiger partial charge in [-0.1, -0.05) is 40.9 Å². The normalized spacial score (nSPS) is 12.5. The molecule has 2 aromatic rings. The maximum atomic E-state index is 5.67. The summed E-state index contributed by atoms with van der Waals surface area (Å²) >= 11 is 3.42. The summed E-state index contributed by atoms with van der Waals surface area (Å²) in [4.78, 5) is 4.48. The minimum Gasteiger partial charge on any atom is -0.339 e. The van der Waals surface area contributed by atoms with Crippen molar-refractivity contribution in [2.75, 3.05) is 6.54 Å². The predicted octanol–water partition coefficient (Wildman–Crippen LogP) is 4.20. The van der Waals surface area contributed by atoms with Gasteiger partial charge in [0.25, 0.3) is 0 Å². The first-order valence-electron chi connectivity index (χ1n) is 7.51. The fourth-order valence-electron chi connectivity index (χ4n) is 2.48. The second-order valence-electron chi connectivity index (χ2n) is 5.29. The van der Waals surface area contributed by atoms with E-state index < -0.39 is 0 Å². The molecule has 1 aromatic heterocycles. The number of nitrogens with two attached hydrogens (primary N) is 1. The Morgan fingerprint density at radius 2 is 1.95 bits per heavy atom. The smallest absolute Gasteiger partial charge is 0.226 e. The third-order valence-corrected chi connectivity index (χ3v) is 4.14. The molecule has 5 heteroatoms. The lowest BCUT2D eigenvalue weighted by atomic mass is 9.94. The summed E-state index contributed by atoms with van der Waals surface area (Å²) in [5.74, 6) is 2.03. The first kappa shape index (κ1) is 16.2. The Hall–Kier alpha value is -1.20. The monoisotopic (exact) mass is 351 g/mol. The van der Waals surface area contributed by atoms with Crippen molar-refractivity contribution in [2.45, 2.75) is 39.0 Å². The standard InChI is InChI=1S/C16H22BrN3O/c1-2-3-12(10-11-18)4-9-15-19-16(20-21-15)13-5-7-14(17)8-6-13/h5-8,12H,2-4,9-11,18H2,1H3. The first-order chi connectivity index (χ1) is 10.2. The third-order valence-electron chi connectivity index (χ3n) is 3.61. The van der Waals surface area contributed by atoms with E-state index in [2.05, 4.69) is 33.0 Å². The molecule has 0 aliphatic carbocycles. The summed E-state index contributed by atoms with van der Waals surface area (Å²) < 4.78 is 6.39. The molecule has 0 fully saturated rings. The summed E-state index contributed by atoms with van der Waals surface area (Å²) in [5, 5.41) is 4.06. The Labute approximate surface area is 134 Å². The van der Waals surface area contributed by atoms with Crippen LogP contribution in [0.3, 0.4) is 0 Å². The van der Waals surface area contributed by atoms with Gasteiger partial charge < -0.3 is 10.3 Å². The number of rotatable bonds is 8. The van der Waals surface area contributed by atoms with Crippen LogP contribution in [-0.2, 0) is 6.42 Å². The average Bonchev–Trinajstić information content (AvgIpc) is 2.95. The average molecular weight is 352 g/mol. The molecular formula is C16H22BrN3O. The summed E-state index contributed by atoms with van der Waals surface area (Å²) in [5.41, 5.74) is 6.64. The van der Waals surface area contributed by atoms with Crippen LogP contribution in [0.1, 0.15) is 38.5 Å². The zero-order valence-electron chi connectivity index (χ0n) is 12.4. The van der Waals surface area contributed by atoms with Gasteiger partial charge in [0.05, 0.1) is 0 Å². The number of aromatic nitrogens is 2. The van der Waals surface area contributed by atoms with Gasteiger partial charge in [-0.05, 0) is 49.6 Å². The minimum atomic E-state index is 0.656. The largest absolute Gasteiger partial charge is 0.339 e. The molecular weight excluding hydrogens is 330 g/mol. The molecule has 0 bridgehead atoms. The molecule has 0 saturated heterocycles. The van der Waals surface area contributed by atoms with E-state index in [0.717, 1.165) is 35.8 Å². The van der Waals surface area contributed by atoms with Gasteiger partial charge in [-0.15, -0.1) is 0 Å². The third kappa shape index (κ3) is 4.93. The van der Waals surface area contributed by atoms with E-state index in [1.165, 1.54) is 12.8 Å². The number of aryl methyl sites for hydroxylation is 1. The molecule has 21 heavy (non-hydrogen) atoms. The maximum Gasteiger partial charge on any atom is 0.226 e. The fraction of sp³-hybridized carbons (Fsp3) is 0.500. The lowest BCUT2D eigenvalue weighted by Gasteiger charge is -2.13. The molecule has 1 heterocycles. The number of nitrogens with zero attached hydrogens (tertiary/aromatic N) is 2. The number of hydrogen-bond acceptors (Lipinski definition) is 4. The number of benzene rings is 1. The van der Waals surface area contributed by atoms with Crippen LogP contribution in [0, 0.1) is 5.92 Å². The van der Waals surface area contributed by atoms with Gasteiger partial charge in [-0.3, -0.25) is 0 Å². The molecule has 2 N–H and O–H groups in total. The Balaban J connectivity index is 1.95. The van der Waals surface area contributed by atoms with Crippen LogP contribution >= 0.6 is 15.9 Å². The van der Waals surface area contributed by atoms with Crippen molar-refractivity contribution in [3.63, 3.8) is 0 Å². The Morgan fingerprint density at radius 3 is 2.62 bits per heavy atom. The molecule has 114 valence electrons. The van der Waals surface area contributed by atoms with Crippen LogP contribution in [0.2, 0.25) is 0 Å². The van der Waals surface area contributed by atoms with Crippen LogP contribution in [0.25, 0.3) is 11.4 Å². The van der Waals surface area contributed by atoms with Crippen LogP contribution in [-0.4, -0.2) is 16.7 Å². The molecule has 0 amide bonds. The van der Waals surface area contributed by atoms with Crippen LogP contribution < -0.4 is 5.73 Å². The van der Waals surface area contributed by atoms with Crippen molar-refractivity contribution in [2.24, 2.45) is 11.7 Å². The molecule has 0 radical (unpaired) electrons. The fourth-order valence-corrected chi connectivity index (χ4v) is 2.74. The van der Waals surface area contributed by atoms with Crippen LogP contribution in [0.15, 0.2) is 33.3 Å². The molecule has 1 aromatic carbocycles. The van der Waals surface area contributed by atoms with E-state index >= 15 is 0 Å². The van der Waals surface area contributed by atoms with E-state index in [4.69, 9.17) is 10.3 Å². The molecule has 4 nitrogen and oxygen atoms in total. The summed E-state index contributed by atoms with van der Waals surface area (Å²) in [6.45, 7) is 2.96. The molecule has 2 rings (SSSR count). The summed E-state index contributed by atoms with van der Waals surface area (Å²) in [6, 6.07) is 7.91. The highest BCUT2D eigenvalue weighted by Crippen LogP contribution is 2.21. The van der Waals surface area contributed by atoms with Gasteiger partial charge >= 0.3 is 0 Å². The molecule has 1 unspecified atom stereocenters. The van der Waals surface area contributed by atoms with Crippen molar-refractivity contribution in [3.05, 3.63) is 34.6 Å². The molecule has 0 aliphatic rings. The SMILES string of the molecule is CCCC(CCN)CCc1nc(-c2ccc(Br)cc2)no1. The van der Waals surface area contributed by atoms with Crippen molar-refractivity contribution in [1.82, 2.24) is 10.1 Å². The van der Waals surface area contributed by atoms with Crippen molar-refractivity contribution < 1.29 is 4.52 Å². The van der Waals surface area contributed by atoms with E-state index in [9.17, 15) is 0 Å². The zero-order chi connectivity index (χ0) is 15.1. The highest BCUT2D eigenvalue weighted by Gasteiger charge is 2.12. The molecule has 0 aliphatic heterocycles. The summed E-state index contributed by atoms with van der Waals surface area (Å²) in [6.07, 6.45) is 5.37. The lowest BCUT2D eigenvalue weighted by Crippen LogP contribution is -2.09. The van der Waals surface area contributed by atoms with Gasteiger partial charge in [0.1, 0.15) is 0 Å². The molecule has 1 atom stereocenters. The van der Waals surface area contributed by atoms with Crippen molar-refractivity contribution in [3.8, 4) is 11.4 Å².